The van der Waals surface area contributed by atoms with Gasteiger partial charge in [0.1, 0.15) is 6.10 Å². The van der Waals surface area contributed by atoms with Crippen LogP contribution in [-0.2, 0) is 18.9 Å². The minimum absolute atomic E-state index is 0.0639. The summed E-state index contributed by atoms with van der Waals surface area (Å²) < 4.78 is 22.5. The predicted molar refractivity (Wildman–Crippen MR) is 114 cm³/mol. The van der Waals surface area contributed by atoms with E-state index in [2.05, 4.69) is 4.90 Å². The number of urea groups is 1. The van der Waals surface area contributed by atoms with Crippen LogP contribution in [0.25, 0.3) is 0 Å². The highest BCUT2D eigenvalue weighted by molar-refractivity contribution is 5.75. The van der Waals surface area contributed by atoms with Crippen molar-refractivity contribution in [2.75, 3.05) is 85.5 Å². The molecule has 32 heavy (non-hydrogen) atoms. The van der Waals surface area contributed by atoms with Crippen molar-refractivity contribution in [3.63, 3.8) is 0 Å². The highest BCUT2D eigenvalue weighted by Crippen LogP contribution is 2.40. The highest BCUT2D eigenvalue weighted by atomic mass is 16.6. The number of carbonyl (C=O) groups is 2. The average molecular weight is 453 g/mol. The fraction of sp³-hybridized carbons (Fsp3) is 0.909. The number of carbonyl (C=O) groups excluding carboxylic acids is 2. The van der Waals surface area contributed by atoms with Crippen LogP contribution in [0.2, 0.25) is 0 Å². The Hall–Kier alpha value is -1.62. The van der Waals surface area contributed by atoms with Crippen LogP contribution < -0.4 is 0 Å². The lowest BCUT2D eigenvalue weighted by molar-refractivity contribution is -0.0926. The molecule has 4 heterocycles. The molecule has 5 rings (SSSR count). The molecule has 4 atom stereocenters. The van der Waals surface area contributed by atoms with Gasteiger partial charge in [-0.05, 0) is 19.3 Å². The molecule has 0 radical (unpaired) electrons. The Kier molecular flexibility index (Phi) is 7.01. The largest absolute Gasteiger partial charge is 0.444 e. The number of piperidine rings is 1. The summed E-state index contributed by atoms with van der Waals surface area (Å²) in [6.07, 6.45) is 2.34. The van der Waals surface area contributed by atoms with E-state index in [4.69, 9.17) is 18.9 Å². The van der Waals surface area contributed by atoms with E-state index >= 15 is 0 Å². The molecule has 0 spiro atoms. The third-order valence-corrected chi connectivity index (χ3v) is 7.69. The number of nitrogens with zero attached hydrogens (tertiary/aromatic N) is 4. The predicted octanol–water partition coefficient (Wildman–Crippen LogP) is 0.461. The van der Waals surface area contributed by atoms with Crippen molar-refractivity contribution in [2.45, 2.75) is 37.5 Å². The SMILES string of the molecule is O=C(O[C@H]1CN(C(=O)N2CCOCC2)[C@H]2CC[C@@H](N3CCOCC3)[C@@H]1C2)N1CCOCC1. The molecule has 1 aliphatic carbocycles. The van der Waals surface area contributed by atoms with E-state index in [0.717, 1.165) is 45.6 Å². The number of morpholine rings is 3. The van der Waals surface area contributed by atoms with Crippen molar-refractivity contribution in [1.82, 2.24) is 19.6 Å². The molecule has 4 saturated heterocycles. The van der Waals surface area contributed by atoms with Crippen LogP contribution in [0.5, 0.6) is 0 Å². The summed E-state index contributed by atoms with van der Waals surface area (Å²) in [7, 11) is 0. The summed E-state index contributed by atoms with van der Waals surface area (Å²) in [5.41, 5.74) is 0. The van der Waals surface area contributed by atoms with Gasteiger partial charge < -0.3 is 33.6 Å². The van der Waals surface area contributed by atoms with Gasteiger partial charge in [0.15, 0.2) is 0 Å². The Morgan fingerprint density at radius 1 is 0.750 bits per heavy atom. The molecule has 10 nitrogen and oxygen atoms in total. The van der Waals surface area contributed by atoms with E-state index in [1.807, 2.05) is 9.80 Å². The third-order valence-electron chi connectivity index (χ3n) is 7.69. The first-order valence-corrected chi connectivity index (χ1v) is 12.2. The summed E-state index contributed by atoms with van der Waals surface area (Å²) in [5.74, 6) is 0.241. The van der Waals surface area contributed by atoms with E-state index in [-0.39, 0.29) is 30.2 Å². The fourth-order valence-corrected chi connectivity index (χ4v) is 5.93. The molecular formula is C22H36N4O6. The average Bonchev–Trinajstić information content (AvgIpc) is 2.87. The van der Waals surface area contributed by atoms with Crippen molar-refractivity contribution in [2.24, 2.45) is 5.92 Å². The van der Waals surface area contributed by atoms with Gasteiger partial charge in [-0.1, -0.05) is 0 Å². The molecule has 0 unspecified atom stereocenters. The first-order valence-electron chi connectivity index (χ1n) is 12.2. The third kappa shape index (κ3) is 4.69. The van der Waals surface area contributed by atoms with Crippen molar-refractivity contribution in [1.29, 1.82) is 0 Å². The molecule has 5 fully saturated rings. The zero-order valence-electron chi connectivity index (χ0n) is 18.9. The Balaban J connectivity index is 1.32. The second-order valence-corrected chi connectivity index (χ2v) is 9.40. The maximum Gasteiger partial charge on any atom is 0.410 e. The Bertz CT molecular complexity index is 663. The second-order valence-electron chi connectivity index (χ2n) is 9.40. The molecular weight excluding hydrogens is 416 g/mol. The number of ether oxygens (including phenoxy) is 4. The molecule has 10 heteroatoms. The molecule has 0 aromatic rings. The van der Waals surface area contributed by atoms with Crippen LogP contribution in [0.3, 0.4) is 0 Å². The zero-order valence-corrected chi connectivity index (χ0v) is 18.9. The van der Waals surface area contributed by atoms with Gasteiger partial charge >= 0.3 is 12.1 Å². The van der Waals surface area contributed by atoms with Gasteiger partial charge in [-0.25, -0.2) is 9.59 Å². The zero-order chi connectivity index (χ0) is 21.9. The minimum Gasteiger partial charge on any atom is -0.444 e. The quantitative estimate of drug-likeness (QED) is 0.602. The van der Waals surface area contributed by atoms with Gasteiger partial charge in [-0.3, -0.25) is 4.90 Å². The van der Waals surface area contributed by atoms with Crippen LogP contribution in [-0.4, -0.2) is 135 Å². The summed E-state index contributed by atoms with van der Waals surface area (Å²) in [6, 6.07) is 0.651. The summed E-state index contributed by atoms with van der Waals surface area (Å²) in [5, 5.41) is 0. The molecule has 5 aliphatic rings. The lowest BCUT2D eigenvalue weighted by Crippen LogP contribution is -2.64. The van der Waals surface area contributed by atoms with E-state index in [1.165, 1.54) is 0 Å². The van der Waals surface area contributed by atoms with Gasteiger partial charge in [0, 0.05) is 57.3 Å². The van der Waals surface area contributed by atoms with Gasteiger partial charge in [-0.2, -0.15) is 0 Å². The maximum absolute atomic E-state index is 13.4. The normalized spacial score (nSPS) is 34.3. The minimum atomic E-state index is -0.292. The molecule has 0 N–H and O–H groups in total. The van der Waals surface area contributed by atoms with Crippen LogP contribution in [0, 0.1) is 5.92 Å². The Morgan fingerprint density at radius 2 is 1.34 bits per heavy atom. The van der Waals surface area contributed by atoms with Crippen LogP contribution in [0.4, 0.5) is 9.59 Å². The fourth-order valence-electron chi connectivity index (χ4n) is 5.93. The molecule has 1 saturated carbocycles. The maximum atomic E-state index is 13.4. The highest BCUT2D eigenvalue weighted by Gasteiger charge is 2.49. The number of likely N-dealkylation sites (tertiary alicyclic amines) is 1. The molecule has 2 bridgehead atoms. The van der Waals surface area contributed by atoms with Gasteiger partial charge in [0.05, 0.1) is 46.2 Å². The van der Waals surface area contributed by atoms with Gasteiger partial charge in [-0.15, -0.1) is 0 Å². The lowest BCUT2D eigenvalue weighted by Gasteiger charge is -2.53. The first-order chi connectivity index (χ1) is 15.7. The first kappa shape index (κ1) is 22.2. The number of fused-ring (bicyclic) bond motifs is 2. The standard InChI is InChI=1S/C22H36N4O6/c27-21(24-5-11-30-12-6-24)26-16-20(32-22(28)25-7-13-31-14-8-25)18-15-17(26)1-2-19(18)23-3-9-29-10-4-23/h17-20H,1-16H2/t17-,18-,19+,20-/m0/s1. The molecule has 0 aromatic heterocycles. The van der Waals surface area contributed by atoms with Crippen LogP contribution in [0.1, 0.15) is 19.3 Å². The van der Waals surface area contributed by atoms with E-state index in [1.54, 1.807) is 4.90 Å². The smallest absolute Gasteiger partial charge is 0.410 e. The molecule has 4 aliphatic heterocycles. The monoisotopic (exact) mass is 452 g/mol. The molecule has 3 amide bonds. The van der Waals surface area contributed by atoms with Crippen molar-refractivity contribution >= 4 is 12.1 Å². The van der Waals surface area contributed by atoms with Crippen molar-refractivity contribution in [3.05, 3.63) is 0 Å². The lowest BCUT2D eigenvalue weighted by atomic mass is 9.74. The van der Waals surface area contributed by atoms with E-state index in [0.29, 0.717) is 65.2 Å². The second kappa shape index (κ2) is 10.1. The van der Waals surface area contributed by atoms with E-state index < -0.39 is 0 Å². The Morgan fingerprint density at radius 3 is 2.00 bits per heavy atom. The number of amides is 3. The van der Waals surface area contributed by atoms with Crippen LogP contribution in [0.15, 0.2) is 0 Å². The molecule has 0 aromatic carbocycles. The number of hydrogen-bond donors (Lipinski definition) is 0. The summed E-state index contributed by atoms with van der Waals surface area (Å²) >= 11 is 0. The van der Waals surface area contributed by atoms with Crippen molar-refractivity contribution in [3.8, 4) is 0 Å². The number of hydrogen-bond acceptors (Lipinski definition) is 7. The van der Waals surface area contributed by atoms with Crippen molar-refractivity contribution < 1.29 is 28.5 Å². The Labute approximate surface area is 189 Å². The molecule has 180 valence electrons. The van der Waals surface area contributed by atoms with Gasteiger partial charge in [0.25, 0.3) is 0 Å². The van der Waals surface area contributed by atoms with E-state index in [9.17, 15) is 9.59 Å². The van der Waals surface area contributed by atoms with Gasteiger partial charge in [0.2, 0.25) is 0 Å². The topological polar surface area (TPSA) is 84.0 Å². The number of rotatable bonds is 2. The van der Waals surface area contributed by atoms with Crippen LogP contribution >= 0.6 is 0 Å². The summed E-state index contributed by atoms with van der Waals surface area (Å²) in [4.78, 5) is 34.5. The summed E-state index contributed by atoms with van der Waals surface area (Å²) in [6.45, 7) is 8.46.